The number of halogens is 3. The summed E-state index contributed by atoms with van der Waals surface area (Å²) in [6.07, 6.45) is -4.90. The van der Waals surface area contributed by atoms with E-state index in [2.05, 4.69) is 0 Å². The van der Waals surface area contributed by atoms with Crippen LogP contribution in [-0.4, -0.2) is 23.0 Å². The van der Waals surface area contributed by atoms with Crippen LogP contribution in [0.1, 0.15) is 18.1 Å². The van der Waals surface area contributed by atoms with Crippen LogP contribution in [0.2, 0.25) is 0 Å². The molecular formula is C12H10F3NO3. The summed E-state index contributed by atoms with van der Waals surface area (Å²) in [4.78, 5) is 22.7. The number of ether oxygens (including phenoxy) is 1. The van der Waals surface area contributed by atoms with Crippen LogP contribution in [0.4, 0.5) is 13.2 Å². The van der Waals surface area contributed by atoms with Crippen molar-refractivity contribution in [2.75, 3.05) is 0 Å². The Kier molecular flexibility index (Phi) is 3.21. The normalized spacial score (nSPS) is 14.2. The smallest absolute Gasteiger partial charge is 0.426 e. The minimum absolute atomic E-state index is 0.136. The van der Waals surface area contributed by atoms with Gasteiger partial charge >= 0.3 is 18.1 Å². The van der Waals surface area contributed by atoms with Crippen molar-refractivity contribution < 1.29 is 27.5 Å². The molecule has 1 aromatic carbocycles. The maximum absolute atomic E-state index is 12.4. The third kappa shape index (κ3) is 2.69. The second-order valence-electron chi connectivity index (χ2n) is 4.15. The fourth-order valence-corrected chi connectivity index (χ4v) is 1.96. The molecule has 0 fully saturated rings. The summed E-state index contributed by atoms with van der Waals surface area (Å²) in [5, 5.41) is 0. The molecule has 0 saturated carbocycles. The van der Waals surface area contributed by atoms with Crippen molar-refractivity contribution in [1.82, 2.24) is 4.90 Å². The van der Waals surface area contributed by atoms with Gasteiger partial charge in [-0.3, -0.25) is 9.59 Å². The molecule has 1 aliphatic rings. The quantitative estimate of drug-likeness (QED) is 0.581. The third-order valence-corrected chi connectivity index (χ3v) is 2.72. The molecule has 0 spiro atoms. The fourth-order valence-electron chi connectivity index (χ4n) is 1.96. The highest BCUT2D eigenvalue weighted by Crippen LogP contribution is 2.33. The first-order valence-corrected chi connectivity index (χ1v) is 5.44. The Morgan fingerprint density at radius 3 is 2.53 bits per heavy atom. The molecule has 4 nitrogen and oxygen atoms in total. The summed E-state index contributed by atoms with van der Waals surface area (Å²) in [6.45, 7) is 0.854. The van der Waals surface area contributed by atoms with E-state index in [0.717, 1.165) is 0 Å². The first-order chi connectivity index (χ1) is 8.79. The van der Waals surface area contributed by atoms with Crippen molar-refractivity contribution >= 4 is 11.9 Å². The second kappa shape index (κ2) is 4.56. The molecule has 1 heterocycles. The zero-order valence-electron chi connectivity index (χ0n) is 9.95. The van der Waals surface area contributed by atoms with Gasteiger partial charge in [-0.2, -0.15) is 13.2 Å². The van der Waals surface area contributed by atoms with Gasteiger partial charge in [-0.15, -0.1) is 0 Å². The first-order valence-electron chi connectivity index (χ1n) is 5.44. The van der Waals surface area contributed by atoms with E-state index in [0.29, 0.717) is 16.0 Å². The molecule has 0 bridgehead atoms. The number of carbonyl (C=O) groups excluding carboxylic acids is 2. The zero-order valence-corrected chi connectivity index (χ0v) is 9.95. The minimum atomic E-state index is -4.90. The van der Waals surface area contributed by atoms with Crippen molar-refractivity contribution in [1.29, 1.82) is 0 Å². The van der Waals surface area contributed by atoms with Gasteiger partial charge in [0, 0.05) is 19.0 Å². The van der Waals surface area contributed by atoms with Crippen LogP contribution in [0.25, 0.3) is 0 Å². The van der Waals surface area contributed by atoms with Crippen molar-refractivity contribution in [3.05, 3.63) is 29.3 Å². The maximum Gasteiger partial charge on any atom is 0.471 e. The van der Waals surface area contributed by atoms with Crippen LogP contribution in [0.3, 0.4) is 0 Å². The number of benzene rings is 1. The number of hydrogen-bond acceptors (Lipinski definition) is 3. The van der Waals surface area contributed by atoms with Crippen LogP contribution >= 0.6 is 0 Å². The number of fused-ring (bicyclic) bond motifs is 1. The molecular weight excluding hydrogens is 263 g/mol. The van der Waals surface area contributed by atoms with Gasteiger partial charge in [0.1, 0.15) is 5.75 Å². The molecule has 102 valence electrons. The topological polar surface area (TPSA) is 46.6 Å². The van der Waals surface area contributed by atoms with Gasteiger partial charge in [0.2, 0.25) is 0 Å². The molecule has 0 unspecified atom stereocenters. The van der Waals surface area contributed by atoms with Crippen LogP contribution in [-0.2, 0) is 22.7 Å². The minimum Gasteiger partial charge on any atom is -0.426 e. The van der Waals surface area contributed by atoms with Gasteiger partial charge in [0.25, 0.3) is 0 Å². The molecule has 1 aromatic rings. The molecule has 1 aliphatic heterocycles. The second-order valence-corrected chi connectivity index (χ2v) is 4.15. The number of hydrogen-bond donors (Lipinski definition) is 0. The Bertz CT molecular complexity index is 540. The Balaban J connectivity index is 2.25. The van der Waals surface area contributed by atoms with E-state index >= 15 is 0 Å². The Labute approximate surface area is 106 Å². The molecule has 0 N–H and O–H groups in total. The van der Waals surface area contributed by atoms with Gasteiger partial charge in [-0.1, -0.05) is 12.1 Å². The monoisotopic (exact) mass is 273 g/mol. The van der Waals surface area contributed by atoms with Crippen LogP contribution < -0.4 is 4.74 Å². The molecule has 1 amide bonds. The van der Waals surface area contributed by atoms with E-state index in [4.69, 9.17) is 4.74 Å². The van der Waals surface area contributed by atoms with Crippen LogP contribution in [0.15, 0.2) is 18.2 Å². The van der Waals surface area contributed by atoms with E-state index in [9.17, 15) is 22.8 Å². The van der Waals surface area contributed by atoms with Crippen LogP contribution in [0, 0.1) is 0 Å². The Morgan fingerprint density at radius 2 is 1.95 bits per heavy atom. The number of esters is 1. The van der Waals surface area contributed by atoms with E-state index in [1.54, 1.807) is 12.1 Å². The lowest BCUT2D eigenvalue weighted by Crippen LogP contribution is -2.37. The molecule has 0 radical (unpaired) electrons. The van der Waals surface area contributed by atoms with Gasteiger partial charge < -0.3 is 9.64 Å². The summed E-state index contributed by atoms with van der Waals surface area (Å²) in [5.41, 5.74) is 0.992. The number of nitrogens with zero attached hydrogens (tertiary/aromatic N) is 1. The zero-order chi connectivity index (χ0) is 14.2. The van der Waals surface area contributed by atoms with Crippen LogP contribution in [0.5, 0.6) is 5.75 Å². The molecule has 2 rings (SSSR count). The lowest BCUT2D eigenvalue weighted by molar-refractivity contribution is -0.186. The first kappa shape index (κ1) is 13.4. The Hall–Kier alpha value is -2.05. The highest BCUT2D eigenvalue weighted by molar-refractivity contribution is 5.82. The maximum atomic E-state index is 12.4. The predicted molar refractivity (Wildman–Crippen MR) is 58.1 cm³/mol. The fraction of sp³-hybridized carbons (Fsp3) is 0.333. The van der Waals surface area contributed by atoms with Gasteiger partial charge in [0.15, 0.2) is 0 Å². The average molecular weight is 273 g/mol. The van der Waals surface area contributed by atoms with E-state index < -0.39 is 18.1 Å². The van der Waals surface area contributed by atoms with Gasteiger partial charge in [0.05, 0.1) is 6.54 Å². The predicted octanol–water partition coefficient (Wildman–Crippen LogP) is 2.02. The Morgan fingerprint density at radius 1 is 1.26 bits per heavy atom. The SMILES string of the molecule is CC(=O)Oc1cccc2c1CN(C(=O)C(F)(F)F)C2. The lowest BCUT2D eigenvalue weighted by atomic mass is 10.1. The van der Waals surface area contributed by atoms with Crippen molar-refractivity contribution in [3.8, 4) is 5.75 Å². The molecule has 19 heavy (non-hydrogen) atoms. The largest absolute Gasteiger partial charge is 0.471 e. The summed E-state index contributed by atoms with van der Waals surface area (Å²) < 4.78 is 42.0. The molecule has 0 aliphatic carbocycles. The number of alkyl halides is 3. The van der Waals surface area contributed by atoms with Gasteiger partial charge in [-0.05, 0) is 11.6 Å². The van der Waals surface area contributed by atoms with Crippen molar-refractivity contribution in [2.45, 2.75) is 26.2 Å². The molecule has 7 heteroatoms. The summed E-state index contributed by atoms with van der Waals surface area (Å²) >= 11 is 0. The average Bonchev–Trinajstić information content (AvgIpc) is 2.70. The number of carbonyl (C=O) groups is 2. The summed E-state index contributed by atoms with van der Waals surface area (Å²) in [6, 6.07) is 4.66. The van der Waals surface area contributed by atoms with Crippen molar-refractivity contribution in [2.24, 2.45) is 0 Å². The van der Waals surface area contributed by atoms with E-state index in [-0.39, 0.29) is 18.8 Å². The highest BCUT2D eigenvalue weighted by Gasteiger charge is 2.44. The van der Waals surface area contributed by atoms with Gasteiger partial charge in [-0.25, -0.2) is 0 Å². The summed E-state index contributed by atoms with van der Waals surface area (Å²) in [5.74, 6) is -2.26. The van der Waals surface area contributed by atoms with E-state index in [1.165, 1.54) is 13.0 Å². The third-order valence-electron chi connectivity index (χ3n) is 2.72. The van der Waals surface area contributed by atoms with Crippen molar-refractivity contribution in [3.63, 3.8) is 0 Å². The molecule has 0 aromatic heterocycles. The van der Waals surface area contributed by atoms with E-state index in [1.807, 2.05) is 0 Å². The highest BCUT2D eigenvalue weighted by atomic mass is 19.4. The lowest BCUT2D eigenvalue weighted by Gasteiger charge is -2.16. The molecule has 0 saturated heterocycles. The summed E-state index contributed by atoms with van der Waals surface area (Å²) in [7, 11) is 0. The number of rotatable bonds is 1. The standard InChI is InChI=1S/C12H10F3NO3/c1-7(17)19-10-4-2-3-8-5-16(6-9(8)10)11(18)12(13,14)15/h2-4H,5-6H2,1H3. The number of amides is 1. The molecule has 0 atom stereocenters.